The van der Waals surface area contributed by atoms with Gasteiger partial charge in [0.15, 0.2) is 0 Å². The van der Waals surface area contributed by atoms with Gasteiger partial charge in [0, 0.05) is 32.2 Å². The molecule has 25 heavy (non-hydrogen) atoms. The highest BCUT2D eigenvalue weighted by atomic mass is 32.2. The third-order valence-corrected chi connectivity index (χ3v) is 7.81. The highest BCUT2D eigenvalue weighted by molar-refractivity contribution is 7.89. The van der Waals surface area contributed by atoms with E-state index in [1.807, 2.05) is 6.92 Å². The molecular formula is C19H28N2O3S. The summed E-state index contributed by atoms with van der Waals surface area (Å²) in [5, 5.41) is 0. The van der Waals surface area contributed by atoms with E-state index in [1.165, 1.54) is 12.8 Å². The van der Waals surface area contributed by atoms with E-state index in [9.17, 15) is 8.42 Å². The smallest absolute Gasteiger partial charge is 0.243 e. The monoisotopic (exact) mass is 364 g/mol. The van der Waals surface area contributed by atoms with E-state index in [-0.39, 0.29) is 0 Å². The second kappa shape index (κ2) is 6.56. The summed E-state index contributed by atoms with van der Waals surface area (Å²) < 4.78 is 33.4. The van der Waals surface area contributed by atoms with Crippen LogP contribution < -0.4 is 4.74 Å². The first kappa shape index (κ1) is 17.3. The van der Waals surface area contributed by atoms with E-state index in [4.69, 9.17) is 4.74 Å². The summed E-state index contributed by atoms with van der Waals surface area (Å²) >= 11 is 0. The third kappa shape index (κ3) is 3.44. The molecule has 4 fully saturated rings. The topological polar surface area (TPSA) is 49.9 Å². The maximum atomic E-state index is 13.2. The summed E-state index contributed by atoms with van der Waals surface area (Å²) in [6.07, 6.45) is 4.98. The number of methoxy groups -OCH3 is 1. The molecule has 3 aliphatic heterocycles. The lowest BCUT2D eigenvalue weighted by atomic mass is 9.95. The lowest BCUT2D eigenvalue weighted by molar-refractivity contribution is 0.127. The molecule has 6 heteroatoms. The van der Waals surface area contributed by atoms with Gasteiger partial charge in [0.05, 0.1) is 12.0 Å². The van der Waals surface area contributed by atoms with E-state index in [0.29, 0.717) is 29.9 Å². The second-order valence-corrected chi connectivity index (χ2v) is 9.89. The Kier molecular flexibility index (Phi) is 4.54. The van der Waals surface area contributed by atoms with Gasteiger partial charge in [-0.3, -0.25) is 4.90 Å². The van der Waals surface area contributed by atoms with Gasteiger partial charge in [0.1, 0.15) is 5.75 Å². The fourth-order valence-corrected chi connectivity index (χ4v) is 5.99. The highest BCUT2D eigenvalue weighted by Crippen LogP contribution is 2.36. The first-order chi connectivity index (χ1) is 12.0. The Hall–Kier alpha value is -1.11. The molecule has 1 saturated carbocycles. The maximum Gasteiger partial charge on any atom is 0.243 e. The van der Waals surface area contributed by atoms with Crippen molar-refractivity contribution in [2.45, 2.75) is 43.5 Å². The van der Waals surface area contributed by atoms with E-state index in [0.717, 1.165) is 43.2 Å². The Morgan fingerprint density at radius 3 is 2.60 bits per heavy atom. The lowest BCUT2D eigenvalue weighted by Gasteiger charge is -2.36. The number of piperidine rings is 1. The predicted molar refractivity (Wildman–Crippen MR) is 97.3 cm³/mol. The van der Waals surface area contributed by atoms with Crippen molar-refractivity contribution in [3.05, 3.63) is 23.8 Å². The van der Waals surface area contributed by atoms with Crippen molar-refractivity contribution < 1.29 is 13.2 Å². The van der Waals surface area contributed by atoms with Crippen LogP contribution in [0, 0.1) is 18.8 Å². The van der Waals surface area contributed by atoms with Gasteiger partial charge in [-0.1, -0.05) is 0 Å². The predicted octanol–water partition coefficient (Wildman–Crippen LogP) is 2.50. The minimum Gasteiger partial charge on any atom is -0.496 e. The molecule has 1 aromatic carbocycles. The number of aryl methyl sites for hydroxylation is 1. The van der Waals surface area contributed by atoms with E-state index in [1.54, 1.807) is 29.6 Å². The number of sulfonamides is 1. The number of hydrogen-bond acceptors (Lipinski definition) is 4. The number of rotatable bonds is 5. The quantitative estimate of drug-likeness (QED) is 0.805. The largest absolute Gasteiger partial charge is 0.496 e. The van der Waals surface area contributed by atoms with E-state index < -0.39 is 10.0 Å². The Bertz CT molecular complexity index is 745. The van der Waals surface area contributed by atoms with Crippen molar-refractivity contribution >= 4 is 10.0 Å². The first-order valence-electron chi connectivity index (χ1n) is 9.36. The van der Waals surface area contributed by atoms with Gasteiger partial charge in [-0.25, -0.2) is 8.42 Å². The standard InChI is InChI=1S/C19H28N2O3S/c1-14-9-18(7-8-19(14)24-2)25(22,23)21-12-16-5-6-17(13-21)20(11-16)10-15-3-4-15/h7-9,15-17H,3-6,10-13H2,1-2H3/t16-,17-/m1/s1. The first-order valence-corrected chi connectivity index (χ1v) is 10.8. The van der Waals surface area contributed by atoms with Crippen LogP contribution >= 0.6 is 0 Å². The Morgan fingerprint density at radius 1 is 1.12 bits per heavy atom. The summed E-state index contributed by atoms with van der Waals surface area (Å²) in [5.74, 6) is 2.05. The number of benzene rings is 1. The van der Waals surface area contributed by atoms with Gasteiger partial charge in [-0.2, -0.15) is 4.31 Å². The molecule has 138 valence electrons. The molecule has 0 aromatic heterocycles. The van der Waals surface area contributed by atoms with Crippen LogP contribution in [-0.2, 0) is 10.0 Å². The molecule has 5 rings (SSSR count). The third-order valence-electron chi connectivity index (χ3n) is 5.99. The SMILES string of the molecule is COc1ccc(S(=O)(=O)N2C[C@@H]3CC[C@H](C2)N(CC2CC2)C3)cc1C. The minimum atomic E-state index is -3.44. The van der Waals surface area contributed by atoms with Gasteiger partial charge in [-0.15, -0.1) is 0 Å². The molecule has 0 radical (unpaired) electrons. The van der Waals surface area contributed by atoms with Crippen molar-refractivity contribution in [2.24, 2.45) is 11.8 Å². The minimum absolute atomic E-state index is 0.383. The van der Waals surface area contributed by atoms with Gasteiger partial charge in [0.25, 0.3) is 0 Å². The van der Waals surface area contributed by atoms with E-state index >= 15 is 0 Å². The van der Waals surface area contributed by atoms with Crippen LogP contribution in [0.4, 0.5) is 0 Å². The Balaban J connectivity index is 1.57. The van der Waals surface area contributed by atoms with Crippen LogP contribution in [-0.4, -0.2) is 57.0 Å². The highest BCUT2D eigenvalue weighted by Gasteiger charge is 2.40. The van der Waals surface area contributed by atoms with Crippen LogP contribution in [0.2, 0.25) is 0 Å². The molecule has 0 spiro atoms. The van der Waals surface area contributed by atoms with Gasteiger partial charge in [-0.05, 0) is 68.2 Å². The zero-order chi connectivity index (χ0) is 17.6. The van der Waals surface area contributed by atoms with E-state index in [2.05, 4.69) is 4.90 Å². The average Bonchev–Trinajstić information content (AvgIpc) is 3.42. The van der Waals surface area contributed by atoms with Crippen LogP contribution in [0.5, 0.6) is 5.75 Å². The van der Waals surface area contributed by atoms with Gasteiger partial charge < -0.3 is 4.74 Å². The summed E-state index contributed by atoms with van der Waals surface area (Å²) in [4.78, 5) is 2.96. The Labute approximate surface area is 151 Å². The number of nitrogens with zero attached hydrogens (tertiary/aromatic N) is 2. The summed E-state index contributed by atoms with van der Waals surface area (Å²) in [6, 6.07) is 5.56. The molecule has 4 aliphatic rings. The molecule has 1 aromatic rings. The van der Waals surface area contributed by atoms with Crippen molar-refractivity contribution in [1.82, 2.24) is 9.21 Å². The van der Waals surface area contributed by atoms with Gasteiger partial charge in [0.2, 0.25) is 10.0 Å². The van der Waals surface area contributed by atoms with Crippen LogP contribution in [0.3, 0.4) is 0 Å². The van der Waals surface area contributed by atoms with Crippen LogP contribution in [0.15, 0.2) is 23.1 Å². The maximum absolute atomic E-state index is 13.2. The van der Waals surface area contributed by atoms with Crippen molar-refractivity contribution in [3.8, 4) is 5.75 Å². The molecule has 2 atom stereocenters. The molecule has 5 nitrogen and oxygen atoms in total. The average molecular weight is 365 g/mol. The van der Waals surface area contributed by atoms with Crippen LogP contribution in [0.25, 0.3) is 0 Å². The number of ether oxygens (including phenoxy) is 1. The molecule has 0 unspecified atom stereocenters. The van der Waals surface area contributed by atoms with Crippen LogP contribution in [0.1, 0.15) is 31.2 Å². The molecule has 3 saturated heterocycles. The van der Waals surface area contributed by atoms with Crippen molar-refractivity contribution in [3.63, 3.8) is 0 Å². The normalized spacial score (nSPS) is 28.1. The summed E-state index contributed by atoms with van der Waals surface area (Å²) in [7, 11) is -1.84. The fourth-order valence-electron chi connectivity index (χ4n) is 4.35. The second-order valence-electron chi connectivity index (χ2n) is 7.95. The zero-order valence-corrected chi connectivity index (χ0v) is 16.0. The Morgan fingerprint density at radius 2 is 1.92 bits per heavy atom. The van der Waals surface area contributed by atoms with Crippen molar-refractivity contribution in [1.29, 1.82) is 0 Å². The van der Waals surface area contributed by atoms with Gasteiger partial charge >= 0.3 is 0 Å². The lowest BCUT2D eigenvalue weighted by Crippen LogP contribution is -2.45. The number of hydrogen-bond donors (Lipinski definition) is 0. The summed E-state index contributed by atoms with van der Waals surface area (Å²) in [5.41, 5.74) is 0.858. The molecule has 0 amide bonds. The zero-order valence-electron chi connectivity index (χ0n) is 15.1. The molecule has 0 N–H and O–H groups in total. The number of fused-ring (bicyclic) bond motifs is 4. The molecule has 1 aliphatic carbocycles. The van der Waals surface area contributed by atoms with Crippen molar-refractivity contribution in [2.75, 3.05) is 33.3 Å². The molecular weight excluding hydrogens is 336 g/mol. The molecule has 2 bridgehead atoms. The fraction of sp³-hybridized carbons (Fsp3) is 0.684. The molecule has 3 heterocycles. The summed E-state index contributed by atoms with van der Waals surface area (Å²) in [6.45, 7) is 5.41.